The number of amides is 1. The van der Waals surface area contributed by atoms with Crippen molar-refractivity contribution in [3.63, 3.8) is 0 Å². The highest BCUT2D eigenvalue weighted by Crippen LogP contribution is 2.35. The Labute approximate surface area is 126 Å². The lowest BCUT2D eigenvalue weighted by Gasteiger charge is -2.31. The molecule has 0 aliphatic carbocycles. The molecule has 1 unspecified atom stereocenters. The zero-order chi connectivity index (χ0) is 14.5. The van der Waals surface area contributed by atoms with Crippen LogP contribution in [0.1, 0.15) is 31.2 Å². The Bertz CT molecular complexity index is 469. The van der Waals surface area contributed by atoms with Crippen molar-refractivity contribution in [1.29, 1.82) is 0 Å². The van der Waals surface area contributed by atoms with Gasteiger partial charge in [-0.05, 0) is 31.4 Å². The maximum atomic E-state index is 12.3. The molecule has 0 radical (unpaired) electrons. The molecule has 0 saturated carbocycles. The fraction of sp³-hybridized carbons (Fsp3) is 0.588. The second kappa shape index (κ2) is 6.48. The van der Waals surface area contributed by atoms with E-state index in [-0.39, 0.29) is 11.5 Å². The van der Waals surface area contributed by atoms with E-state index < -0.39 is 0 Å². The Balaban J connectivity index is 1.58. The summed E-state index contributed by atoms with van der Waals surface area (Å²) in [6.07, 6.45) is 4.54. The minimum absolute atomic E-state index is 0.160. The first kappa shape index (κ1) is 14.4. The van der Waals surface area contributed by atoms with Crippen molar-refractivity contribution in [2.24, 2.45) is 5.41 Å². The third kappa shape index (κ3) is 3.56. The molecule has 1 aromatic rings. The average Bonchev–Trinajstić information content (AvgIpc) is 2.86. The summed E-state index contributed by atoms with van der Waals surface area (Å²) in [7, 11) is 0. The number of hydrogen-bond donors (Lipinski definition) is 1. The van der Waals surface area contributed by atoms with Crippen LogP contribution in [0, 0.1) is 5.41 Å². The predicted molar refractivity (Wildman–Crippen MR) is 82.0 cm³/mol. The topological polar surface area (TPSA) is 41.6 Å². The van der Waals surface area contributed by atoms with E-state index in [2.05, 4.69) is 5.32 Å². The van der Waals surface area contributed by atoms with E-state index in [0.717, 1.165) is 38.2 Å². The molecule has 2 aliphatic heterocycles. The molecule has 3 rings (SSSR count). The molecule has 114 valence electrons. The van der Waals surface area contributed by atoms with E-state index in [1.165, 1.54) is 19.3 Å². The van der Waals surface area contributed by atoms with Gasteiger partial charge < -0.3 is 15.0 Å². The van der Waals surface area contributed by atoms with Gasteiger partial charge in [-0.25, -0.2) is 4.79 Å². The van der Waals surface area contributed by atoms with Crippen LogP contribution in [-0.2, 0) is 11.3 Å². The molecule has 4 nitrogen and oxygen atoms in total. The summed E-state index contributed by atoms with van der Waals surface area (Å²) in [6.45, 7) is 4.15. The zero-order valence-corrected chi connectivity index (χ0v) is 12.5. The molecule has 1 N–H and O–H groups in total. The molecule has 1 spiro atoms. The lowest BCUT2D eigenvalue weighted by Crippen LogP contribution is -2.41. The number of carbonyl (C=O) groups excluding carboxylic acids is 1. The number of hydrogen-bond acceptors (Lipinski definition) is 3. The second-order valence-electron chi connectivity index (χ2n) is 6.35. The number of likely N-dealkylation sites (tertiary alicyclic amines) is 1. The molecule has 21 heavy (non-hydrogen) atoms. The van der Waals surface area contributed by atoms with Crippen molar-refractivity contribution < 1.29 is 9.53 Å². The van der Waals surface area contributed by atoms with E-state index >= 15 is 0 Å². The molecule has 2 aliphatic rings. The normalized spacial score (nSPS) is 25.8. The van der Waals surface area contributed by atoms with E-state index in [9.17, 15) is 4.79 Å². The molecule has 0 aromatic heterocycles. The Kier molecular flexibility index (Phi) is 4.44. The quantitative estimate of drug-likeness (QED) is 0.910. The summed E-state index contributed by atoms with van der Waals surface area (Å²) in [6, 6.07) is 9.87. The summed E-state index contributed by atoms with van der Waals surface area (Å²) >= 11 is 0. The molecular formula is C17H24N2O2. The predicted octanol–water partition coefficient (Wildman–Crippen LogP) is 2.79. The number of carbonyl (C=O) groups is 1. The van der Waals surface area contributed by atoms with Crippen molar-refractivity contribution >= 4 is 6.09 Å². The van der Waals surface area contributed by atoms with Crippen molar-refractivity contribution in [3.05, 3.63) is 35.9 Å². The molecular weight excluding hydrogens is 264 g/mol. The van der Waals surface area contributed by atoms with Gasteiger partial charge in [-0.1, -0.05) is 36.8 Å². The summed E-state index contributed by atoms with van der Waals surface area (Å²) in [5.74, 6) is 0. The number of ether oxygens (including phenoxy) is 1. The van der Waals surface area contributed by atoms with Crippen LogP contribution in [0.25, 0.3) is 0 Å². The van der Waals surface area contributed by atoms with Gasteiger partial charge in [0.25, 0.3) is 0 Å². The van der Waals surface area contributed by atoms with E-state index in [1.54, 1.807) is 0 Å². The SMILES string of the molecule is O=C(OCc1ccccc1)N1CCCCC2(CCNC2)C1. The van der Waals surface area contributed by atoms with Gasteiger partial charge in [-0.3, -0.25) is 0 Å². The molecule has 2 heterocycles. The van der Waals surface area contributed by atoms with Crippen LogP contribution >= 0.6 is 0 Å². The number of nitrogens with one attached hydrogen (secondary N) is 1. The molecule has 0 bridgehead atoms. The monoisotopic (exact) mass is 288 g/mol. The van der Waals surface area contributed by atoms with Crippen molar-refractivity contribution in [2.45, 2.75) is 32.3 Å². The van der Waals surface area contributed by atoms with Gasteiger partial charge >= 0.3 is 6.09 Å². The Morgan fingerprint density at radius 3 is 2.86 bits per heavy atom. The van der Waals surface area contributed by atoms with Gasteiger partial charge in [0.1, 0.15) is 6.61 Å². The maximum absolute atomic E-state index is 12.3. The van der Waals surface area contributed by atoms with Crippen LogP contribution in [0.3, 0.4) is 0 Å². The number of nitrogens with zero attached hydrogens (tertiary/aromatic N) is 1. The standard InChI is InChI=1S/C17H24N2O2/c20-16(21-12-15-6-2-1-3-7-15)19-11-5-4-8-17(14-19)9-10-18-13-17/h1-3,6-7,18H,4-5,8-14H2. The highest BCUT2D eigenvalue weighted by Gasteiger charge is 2.38. The van der Waals surface area contributed by atoms with Crippen LogP contribution in [0.4, 0.5) is 4.79 Å². The molecule has 2 saturated heterocycles. The molecule has 1 amide bonds. The summed E-state index contributed by atoms with van der Waals surface area (Å²) in [4.78, 5) is 14.3. The highest BCUT2D eigenvalue weighted by molar-refractivity contribution is 5.67. The summed E-state index contributed by atoms with van der Waals surface area (Å²) in [5.41, 5.74) is 1.32. The lowest BCUT2D eigenvalue weighted by molar-refractivity contribution is 0.0832. The first-order valence-electron chi connectivity index (χ1n) is 7.94. The van der Waals surface area contributed by atoms with E-state index in [0.29, 0.717) is 6.61 Å². The highest BCUT2D eigenvalue weighted by atomic mass is 16.6. The van der Waals surface area contributed by atoms with Gasteiger partial charge in [-0.2, -0.15) is 0 Å². The van der Waals surface area contributed by atoms with E-state index in [4.69, 9.17) is 4.74 Å². The smallest absolute Gasteiger partial charge is 0.410 e. The molecule has 1 atom stereocenters. The molecule has 4 heteroatoms. The van der Waals surface area contributed by atoms with Crippen molar-refractivity contribution in [2.75, 3.05) is 26.2 Å². The minimum atomic E-state index is -0.160. The maximum Gasteiger partial charge on any atom is 0.410 e. The zero-order valence-electron chi connectivity index (χ0n) is 12.5. The van der Waals surface area contributed by atoms with Crippen molar-refractivity contribution in [3.8, 4) is 0 Å². The van der Waals surface area contributed by atoms with Crippen LogP contribution in [0.5, 0.6) is 0 Å². The fourth-order valence-electron chi connectivity index (χ4n) is 3.48. The van der Waals surface area contributed by atoms with Gasteiger partial charge in [0.2, 0.25) is 0 Å². The van der Waals surface area contributed by atoms with Crippen LogP contribution < -0.4 is 5.32 Å². The van der Waals surface area contributed by atoms with Crippen molar-refractivity contribution in [1.82, 2.24) is 10.2 Å². The van der Waals surface area contributed by atoms with Crippen LogP contribution in [0.2, 0.25) is 0 Å². The number of rotatable bonds is 2. The Hall–Kier alpha value is -1.55. The Morgan fingerprint density at radius 1 is 1.24 bits per heavy atom. The first-order valence-corrected chi connectivity index (χ1v) is 7.94. The first-order chi connectivity index (χ1) is 10.3. The fourth-order valence-corrected chi connectivity index (χ4v) is 3.48. The van der Waals surface area contributed by atoms with Gasteiger partial charge in [0.15, 0.2) is 0 Å². The third-order valence-corrected chi connectivity index (χ3v) is 4.71. The minimum Gasteiger partial charge on any atom is -0.445 e. The van der Waals surface area contributed by atoms with Gasteiger partial charge in [0.05, 0.1) is 0 Å². The summed E-state index contributed by atoms with van der Waals surface area (Å²) < 4.78 is 5.49. The average molecular weight is 288 g/mol. The van der Waals surface area contributed by atoms with Gasteiger partial charge in [-0.15, -0.1) is 0 Å². The molecule has 2 fully saturated rings. The Morgan fingerprint density at radius 2 is 2.10 bits per heavy atom. The second-order valence-corrected chi connectivity index (χ2v) is 6.35. The van der Waals surface area contributed by atoms with E-state index in [1.807, 2.05) is 35.2 Å². The van der Waals surface area contributed by atoms with Crippen LogP contribution in [-0.4, -0.2) is 37.2 Å². The van der Waals surface area contributed by atoms with Gasteiger partial charge in [0, 0.05) is 25.0 Å². The largest absolute Gasteiger partial charge is 0.445 e. The summed E-state index contributed by atoms with van der Waals surface area (Å²) in [5, 5.41) is 3.45. The third-order valence-electron chi connectivity index (χ3n) is 4.71. The molecule has 1 aromatic carbocycles. The van der Waals surface area contributed by atoms with Crippen LogP contribution in [0.15, 0.2) is 30.3 Å². The number of benzene rings is 1. The lowest BCUT2D eigenvalue weighted by atomic mass is 9.82.